The molecule has 102 valence electrons. The van der Waals surface area contributed by atoms with Gasteiger partial charge in [-0.1, -0.05) is 12.8 Å². The van der Waals surface area contributed by atoms with Crippen molar-refractivity contribution in [3.8, 4) is 0 Å². The predicted molar refractivity (Wildman–Crippen MR) is 75.7 cm³/mol. The zero-order valence-electron chi connectivity index (χ0n) is 11.1. The van der Waals surface area contributed by atoms with Crippen LogP contribution >= 0.6 is 15.9 Å². The average molecular weight is 316 g/mol. The van der Waals surface area contributed by atoms with Gasteiger partial charge in [-0.3, -0.25) is 4.68 Å². The maximum Gasteiger partial charge on any atom is 0.0635 e. The van der Waals surface area contributed by atoms with Crippen LogP contribution in [0.2, 0.25) is 0 Å². The van der Waals surface area contributed by atoms with Crippen LogP contribution in [-0.2, 0) is 6.54 Å². The first kappa shape index (κ1) is 14.0. The molecule has 2 unspecified atom stereocenters. The van der Waals surface area contributed by atoms with E-state index in [9.17, 15) is 5.11 Å². The minimum atomic E-state index is -0.218. The Bertz CT molecular complexity index is 392. The third kappa shape index (κ3) is 3.13. The highest BCUT2D eigenvalue weighted by Gasteiger charge is 2.29. The molecule has 1 aliphatic rings. The van der Waals surface area contributed by atoms with Crippen molar-refractivity contribution >= 4 is 15.9 Å². The highest BCUT2D eigenvalue weighted by molar-refractivity contribution is 9.10. The van der Waals surface area contributed by atoms with E-state index in [0.29, 0.717) is 0 Å². The molecule has 1 heterocycles. The van der Waals surface area contributed by atoms with Gasteiger partial charge in [-0.05, 0) is 42.9 Å². The van der Waals surface area contributed by atoms with E-state index in [4.69, 9.17) is 0 Å². The molecule has 0 aliphatic heterocycles. The van der Waals surface area contributed by atoms with Gasteiger partial charge in [0.1, 0.15) is 0 Å². The van der Waals surface area contributed by atoms with Gasteiger partial charge in [-0.25, -0.2) is 0 Å². The number of hydrogen-bond acceptors (Lipinski definition) is 3. The molecule has 2 rings (SSSR count). The minimum Gasteiger partial charge on any atom is -0.392 e. The Hall–Kier alpha value is -0.390. The van der Waals surface area contributed by atoms with Gasteiger partial charge in [0.2, 0.25) is 0 Å². The zero-order chi connectivity index (χ0) is 13.1. The monoisotopic (exact) mass is 315 g/mol. The number of rotatable bonds is 4. The Labute approximate surface area is 117 Å². The van der Waals surface area contributed by atoms with Gasteiger partial charge in [-0.15, -0.1) is 0 Å². The van der Waals surface area contributed by atoms with Crippen molar-refractivity contribution in [2.24, 2.45) is 0 Å². The summed E-state index contributed by atoms with van der Waals surface area (Å²) in [5.74, 6) is 0.234. The largest absolute Gasteiger partial charge is 0.392 e. The van der Waals surface area contributed by atoms with Crippen LogP contribution in [0.25, 0.3) is 0 Å². The molecule has 0 amide bonds. The Kier molecular flexibility index (Phi) is 4.81. The van der Waals surface area contributed by atoms with E-state index in [1.54, 1.807) is 0 Å². The van der Waals surface area contributed by atoms with E-state index in [0.717, 1.165) is 36.8 Å². The first-order chi connectivity index (χ1) is 8.59. The fourth-order valence-corrected chi connectivity index (χ4v) is 3.23. The molecule has 1 aromatic heterocycles. The van der Waals surface area contributed by atoms with Gasteiger partial charge in [-0.2, -0.15) is 5.10 Å². The van der Waals surface area contributed by atoms with Crippen LogP contribution in [0.4, 0.5) is 0 Å². The minimum absolute atomic E-state index is 0.218. The number of aliphatic hydroxyl groups excluding tert-OH is 1. The van der Waals surface area contributed by atoms with Gasteiger partial charge in [0, 0.05) is 12.5 Å². The normalized spacial score (nSPS) is 24.7. The third-order valence-electron chi connectivity index (χ3n) is 3.67. The van der Waals surface area contributed by atoms with Gasteiger partial charge < -0.3 is 10.0 Å². The number of hydrogen-bond donors (Lipinski definition) is 1. The third-order valence-corrected chi connectivity index (χ3v) is 4.28. The molecule has 5 heteroatoms. The molecule has 1 aromatic rings. The summed E-state index contributed by atoms with van der Waals surface area (Å²) in [6, 6.07) is 0. The lowest BCUT2D eigenvalue weighted by atomic mass is 9.84. The van der Waals surface area contributed by atoms with E-state index in [1.807, 2.05) is 10.9 Å². The molecule has 0 saturated heterocycles. The molecule has 1 fully saturated rings. The molecule has 1 aliphatic carbocycles. The Morgan fingerprint density at radius 1 is 1.44 bits per heavy atom. The maximum absolute atomic E-state index is 10.2. The smallest absolute Gasteiger partial charge is 0.0635 e. The standard InChI is InChI=1S/C13H22BrN3O/c1-16(2)7-8-17-13(11(14)9-15-17)10-5-3-4-6-12(10)18/h9-10,12,18H,3-8H2,1-2H3. The molecule has 0 aromatic carbocycles. The molecular weight excluding hydrogens is 294 g/mol. The van der Waals surface area contributed by atoms with Gasteiger partial charge in [0.15, 0.2) is 0 Å². The SMILES string of the molecule is CN(C)CCn1ncc(Br)c1C1CCCCC1O. The molecule has 0 radical (unpaired) electrons. The van der Waals surface area contributed by atoms with Crippen LogP contribution in [0.1, 0.15) is 37.3 Å². The number of likely N-dealkylation sites (N-methyl/N-ethyl adjacent to an activating group) is 1. The molecule has 2 atom stereocenters. The number of aromatic nitrogens is 2. The highest BCUT2D eigenvalue weighted by atomic mass is 79.9. The van der Waals surface area contributed by atoms with Crippen LogP contribution in [-0.4, -0.2) is 46.5 Å². The summed E-state index contributed by atoms with van der Waals surface area (Å²) in [5.41, 5.74) is 1.17. The lowest BCUT2D eigenvalue weighted by molar-refractivity contribution is 0.102. The average Bonchev–Trinajstić information content (AvgIpc) is 2.69. The number of nitrogens with zero attached hydrogens (tertiary/aromatic N) is 3. The first-order valence-corrected chi connectivity index (χ1v) is 7.43. The van der Waals surface area contributed by atoms with Gasteiger partial charge in [0.05, 0.1) is 29.0 Å². The fraction of sp³-hybridized carbons (Fsp3) is 0.769. The molecular formula is C13H22BrN3O. The second kappa shape index (κ2) is 6.17. The summed E-state index contributed by atoms with van der Waals surface area (Å²) in [7, 11) is 4.13. The zero-order valence-corrected chi connectivity index (χ0v) is 12.7. The topological polar surface area (TPSA) is 41.3 Å². The Morgan fingerprint density at radius 3 is 2.83 bits per heavy atom. The van der Waals surface area contributed by atoms with E-state index in [-0.39, 0.29) is 12.0 Å². The Balaban J connectivity index is 2.17. The van der Waals surface area contributed by atoms with Crippen LogP contribution in [0, 0.1) is 0 Å². The first-order valence-electron chi connectivity index (χ1n) is 6.63. The van der Waals surface area contributed by atoms with Crippen LogP contribution in [0.5, 0.6) is 0 Å². The van der Waals surface area contributed by atoms with Crippen LogP contribution in [0.3, 0.4) is 0 Å². The fourth-order valence-electron chi connectivity index (χ4n) is 2.64. The number of halogens is 1. The van der Waals surface area contributed by atoms with Crippen molar-refractivity contribution in [1.82, 2.24) is 14.7 Å². The summed E-state index contributed by atoms with van der Waals surface area (Å²) < 4.78 is 3.08. The molecule has 4 nitrogen and oxygen atoms in total. The van der Waals surface area contributed by atoms with E-state index in [2.05, 4.69) is 40.0 Å². The lowest BCUT2D eigenvalue weighted by Gasteiger charge is -2.28. The molecule has 1 saturated carbocycles. The van der Waals surface area contributed by atoms with Crippen molar-refractivity contribution in [2.45, 2.75) is 44.2 Å². The van der Waals surface area contributed by atoms with Gasteiger partial charge >= 0.3 is 0 Å². The van der Waals surface area contributed by atoms with Crippen LogP contribution in [0.15, 0.2) is 10.7 Å². The summed E-state index contributed by atoms with van der Waals surface area (Å²) in [6.07, 6.45) is 5.95. The Morgan fingerprint density at radius 2 is 2.17 bits per heavy atom. The van der Waals surface area contributed by atoms with Crippen molar-refractivity contribution < 1.29 is 5.11 Å². The second-order valence-corrected chi connectivity index (χ2v) is 6.22. The van der Waals surface area contributed by atoms with Crippen molar-refractivity contribution in [3.63, 3.8) is 0 Å². The number of aliphatic hydroxyl groups is 1. The van der Waals surface area contributed by atoms with Crippen molar-refractivity contribution in [3.05, 3.63) is 16.4 Å². The molecule has 1 N–H and O–H groups in total. The maximum atomic E-state index is 10.2. The highest BCUT2D eigenvalue weighted by Crippen LogP contribution is 2.36. The van der Waals surface area contributed by atoms with E-state index in [1.165, 1.54) is 12.1 Å². The van der Waals surface area contributed by atoms with Crippen LogP contribution < -0.4 is 0 Å². The van der Waals surface area contributed by atoms with Crippen molar-refractivity contribution in [1.29, 1.82) is 0 Å². The molecule has 0 bridgehead atoms. The van der Waals surface area contributed by atoms with Gasteiger partial charge in [0.25, 0.3) is 0 Å². The summed E-state index contributed by atoms with van der Waals surface area (Å²) in [6.45, 7) is 1.83. The molecule has 18 heavy (non-hydrogen) atoms. The summed E-state index contributed by atoms with van der Waals surface area (Å²) >= 11 is 3.58. The molecule has 0 spiro atoms. The lowest BCUT2D eigenvalue weighted by Crippen LogP contribution is -2.27. The van der Waals surface area contributed by atoms with E-state index >= 15 is 0 Å². The summed E-state index contributed by atoms with van der Waals surface area (Å²) in [5, 5.41) is 14.6. The predicted octanol–water partition coefficient (Wildman–Crippen LogP) is 2.23. The quantitative estimate of drug-likeness (QED) is 0.926. The van der Waals surface area contributed by atoms with Crippen molar-refractivity contribution in [2.75, 3.05) is 20.6 Å². The van der Waals surface area contributed by atoms with E-state index < -0.39 is 0 Å². The summed E-state index contributed by atoms with van der Waals surface area (Å²) in [4.78, 5) is 2.15. The second-order valence-electron chi connectivity index (χ2n) is 5.36.